The van der Waals surface area contributed by atoms with Crippen LogP contribution in [0.1, 0.15) is 25.5 Å². The van der Waals surface area contributed by atoms with Gasteiger partial charge in [-0.1, -0.05) is 40.5 Å². The summed E-state index contributed by atoms with van der Waals surface area (Å²) in [7, 11) is -0.712. The van der Waals surface area contributed by atoms with Crippen molar-refractivity contribution in [1.82, 2.24) is 5.32 Å². The van der Waals surface area contributed by atoms with Gasteiger partial charge in [-0.15, -0.1) is 0 Å². The molecule has 1 rings (SSSR count). The molecule has 1 N–H and O–H groups in total. The summed E-state index contributed by atoms with van der Waals surface area (Å²) in [4.78, 5) is 0. The van der Waals surface area contributed by atoms with E-state index in [0.29, 0.717) is 5.75 Å². The van der Waals surface area contributed by atoms with Crippen LogP contribution in [-0.2, 0) is 10.8 Å². The third-order valence-corrected chi connectivity index (χ3v) is 4.66. The van der Waals surface area contributed by atoms with Crippen LogP contribution in [0, 0.1) is 0 Å². The van der Waals surface area contributed by atoms with E-state index in [9.17, 15) is 4.21 Å². The van der Waals surface area contributed by atoms with Gasteiger partial charge in [-0.05, 0) is 24.6 Å². The molecule has 17 heavy (non-hydrogen) atoms. The van der Waals surface area contributed by atoms with Crippen LogP contribution in [0.3, 0.4) is 0 Å². The summed E-state index contributed by atoms with van der Waals surface area (Å²) in [5, 5.41) is 4.08. The van der Waals surface area contributed by atoms with Gasteiger partial charge in [0.2, 0.25) is 0 Å². The highest BCUT2D eigenvalue weighted by Crippen LogP contribution is 2.26. The molecule has 2 unspecified atom stereocenters. The molecule has 1 aromatic rings. The van der Waals surface area contributed by atoms with E-state index in [2.05, 4.69) is 28.2 Å². The minimum Gasteiger partial charge on any atom is -0.309 e. The topological polar surface area (TPSA) is 29.1 Å². The summed E-state index contributed by atoms with van der Waals surface area (Å²) in [6.07, 6.45) is 0. The molecule has 0 amide bonds. The normalized spacial score (nSPS) is 14.6. The molecule has 1 aromatic carbocycles. The average molecular weight is 339 g/mol. The Morgan fingerprint density at radius 3 is 2.82 bits per heavy atom. The van der Waals surface area contributed by atoms with E-state index >= 15 is 0 Å². The molecule has 0 saturated heterocycles. The third-order valence-electron chi connectivity index (χ3n) is 2.53. The number of nitrogens with one attached hydrogen (secondary N) is 1. The predicted octanol–water partition coefficient (Wildman–Crippen LogP) is 3.52. The van der Waals surface area contributed by atoms with Crippen molar-refractivity contribution < 1.29 is 4.21 Å². The number of rotatable bonds is 6. The predicted molar refractivity (Wildman–Crippen MR) is 79.1 cm³/mol. The second-order valence-electron chi connectivity index (χ2n) is 3.77. The van der Waals surface area contributed by atoms with Crippen LogP contribution in [0.25, 0.3) is 0 Å². The van der Waals surface area contributed by atoms with E-state index in [1.807, 2.05) is 25.1 Å². The van der Waals surface area contributed by atoms with E-state index in [1.54, 1.807) is 0 Å². The van der Waals surface area contributed by atoms with Crippen LogP contribution >= 0.6 is 27.5 Å². The summed E-state index contributed by atoms with van der Waals surface area (Å²) >= 11 is 9.54. The number of hydrogen-bond donors (Lipinski definition) is 1. The summed E-state index contributed by atoms with van der Waals surface area (Å²) < 4.78 is 12.3. The first-order chi connectivity index (χ1) is 8.04. The summed E-state index contributed by atoms with van der Waals surface area (Å²) in [6, 6.07) is 6.04. The average Bonchev–Trinajstić information content (AvgIpc) is 2.28. The molecule has 0 aromatic heterocycles. The van der Waals surface area contributed by atoms with Crippen molar-refractivity contribution in [2.24, 2.45) is 0 Å². The first kappa shape index (κ1) is 15.2. The maximum absolute atomic E-state index is 11.3. The van der Waals surface area contributed by atoms with Gasteiger partial charge in [0.05, 0.1) is 0 Å². The van der Waals surface area contributed by atoms with Crippen LogP contribution < -0.4 is 5.32 Å². The first-order valence-electron chi connectivity index (χ1n) is 5.58. The number of benzene rings is 1. The molecular weight excluding hydrogens is 322 g/mol. The summed E-state index contributed by atoms with van der Waals surface area (Å²) in [6.45, 7) is 4.74. The van der Waals surface area contributed by atoms with E-state index in [1.165, 1.54) is 0 Å². The smallest absolute Gasteiger partial charge is 0.0464 e. The van der Waals surface area contributed by atoms with Gasteiger partial charge in [0.15, 0.2) is 0 Å². The highest BCUT2D eigenvalue weighted by molar-refractivity contribution is 9.10. The molecule has 5 heteroatoms. The molecule has 0 aliphatic carbocycles. The second-order valence-corrected chi connectivity index (χ2v) is 6.96. The fourth-order valence-corrected chi connectivity index (χ4v) is 2.97. The highest BCUT2D eigenvalue weighted by Gasteiger charge is 2.09. The van der Waals surface area contributed by atoms with Crippen molar-refractivity contribution in [3.05, 3.63) is 33.3 Å². The van der Waals surface area contributed by atoms with Crippen LogP contribution in [0.2, 0.25) is 5.02 Å². The lowest BCUT2D eigenvalue weighted by atomic mass is 10.1. The molecule has 0 bridgehead atoms. The molecule has 0 spiro atoms. The highest BCUT2D eigenvalue weighted by atomic mass is 79.9. The van der Waals surface area contributed by atoms with Crippen LogP contribution in [-0.4, -0.2) is 22.3 Å². The maximum Gasteiger partial charge on any atom is 0.0464 e. The Hall–Kier alpha value is 0.1000. The van der Waals surface area contributed by atoms with Gasteiger partial charge in [-0.3, -0.25) is 4.21 Å². The van der Waals surface area contributed by atoms with Gasteiger partial charge in [-0.25, -0.2) is 0 Å². The van der Waals surface area contributed by atoms with Crippen LogP contribution in [0.4, 0.5) is 0 Å². The molecule has 96 valence electrons. The Bertz CT molecular complexity index is 400. The van der Waals surface area contributed by atoms with E-state index in [0.717, 1.165) is 27.4 Å². The molecule has 0 heterocycles. The Labute approximate surface area is 119 Å². The second kappa shape index (κ2) is 7.52. The summed E-state index contributed by atoms with van der Waals surface area (Å²) in [5.74, 6) is 1.41. The van der Waals surface area contributed by atoms with Gasteiger partial charge in [0, 0.05) is 44.4 Å². The molecule has 0 fully saturated rings. The number of hydrogen-bond acceptors (Lipinski definition) is 2. The van der Waals surface area contributed by atoms with Gasteiger partial charge in [-0.2, -0.15) is 0 Å². The lowest BCUT2D eigenvalue weighted by Crippen LogP contribution is -2.24. The standard InChI is InChI=1S/C12H17BrClNOS/c1-3-17(16)7-6-15-9(2)11-5-4-10(13)8-12(11)14/h4-5,8-9,15H,3,6-7H2,1-2H3. The molecule has 0 radical (unpaired) electrons. The molecule has 2 nitrogen and oxygen atoms in total. The van der Waals surface area contributed by atoms with Crippen molar-refractivity contribution in [1.29, 1.82) is 0 Å². The Morgan fingerprint density at radius 1 is 1.53 bits per heavy atom. The molecular formula is C12H17BrClNOS. The zero-order chi connectivity index (χ0) is 12.8. The molecule has 0 aliphatic rings. The van der Waals surface area contributed by atoms with Crippen LogP contribution in [0.15, 0.2) is 22.7 Å². The van der Waals surface area contributed by atoms with Gasteiger partial charge in [0.25, 0.3) is 0 Å². The SMILES string of the molecule is CCS(=O)CCNC(C)c1ccc(Br)cc1Cl. The van der Waals surface area contributed by atoms with Crippen molar-refractivity contribution in [2.45, 2.75) is 19.9 Å². The Kier molecular flexibility index (Phi) is 6.70. The Balaban J connectivity index is 2.52. The molecule has 2 atom stereocenters. The summed E-state index contributed by atoms with van der Waals surface area (Å²) in [5.41, 5.74) is 1.07. The zero-order valence-electron chi connectivity index (χ0n) is 10.0. The molecule has 0 aliphatic heterocycles. The maximum atomic E-state index is 11.3. The van der Waals surface area contributed by atoms with Crippen molar-refractivity contribution >= 4 is 38.3 Å². The van der Waals surface area contributed by atoms with Gasteiger partial charge in [0.1, 0.15) is 0 Å². The van der Waals surface area contributed by atoms with Crippen molar-refractivity contribution in [2.75, 3.05) is 18.1 Å². The molecule has 0 saturated carbocycles. The Morgan fingerprint density at radius 2 is 2.24 bits per heavy atom. The van der Waals surface area contributed by atoms with Crippen molar-refractivity contribution in [3.8, 4) is 0 Å². The fraction of sp³-hybridized carbons (Fsp3) is 0.500. The van der Waals surface area contributed by atoms with Crippen LogP contribution in [0.5, 0.6) is 0 Å². The fourth-order valence-electron chi connectivity index (χ4n) is 1.50. The van der Waals surface area contributed by atoms with E-state index < -0.39 is 10.8 Å². The van der Waals surface area contributed by atoms with E-state index in [-0.39, 0.29) is 6.04 Å². The minimum atomic E-state index is -0.712. The van der Waals surface area contributed by atoms with Crippen molar-refractivity contribution in [3.63, 3.8) is 0 Å². The third kappa shape index (κ3) is 5.08. The lowest BCUT2D eigenvalue weighted by molar-refractivity contribution is 0.597. The van der Waals surface area contributed by atoms with E-state index in [4.69, 9.17) is 11.6 Å². The quantitative estimate of drug-likeness (QED) is 0.860. The first-order valence-corrected chi connectivity index (χ1v) is 8.23. The largest absolute Gasteiger partial charge is 0.309 e. The zero-order valence-corrected chi connectivity index (χ0v) is 13.2. The minimum absolute atomic E-state index is 0.171. The lowest BCUT2D eigenvalue weighted by Gasteiger charge is -2.15. The van der Waals surface area contributed by atoms with Gasteiger partial charge < -0.3 is 5.32 Å². The number of halogens is 2. The van der Waals surface area contributed by atoms with Gasteiger partial charge >= 0.3 is 0 Å². The monoisotopic (exact) mass is 337 g/mol.